The molecule has 0 spiro atoms. The molecule has 0 unspecified atom stereocenters. The van der Waals surface area contributed by atoms with E-state index in [1.807, 2.05) is 6.07 Å². The first-order chi connectivity index (χ1) is 7.07. The molecule has 0 saturated carbocycles. The van der Waals surface area contributed by atoms with Gasteiger partial charge in [0.1, 0.15) is 0 Å². The molecule has 2 N–H and O–H groups in total. The maximum absolute atomic E-state index is 6.05. The molecule has 2 aromatic rings. The monoisotopic (exact) mass is 202 g/mol. The first-order valence-corrected chi connectivity index (χ1v) is 5.40. The zero-order chi connectivity index (χ0) is 11.2. The number of nitrogens with two attached hydrogens (primary N) is 1. The van der Waals surface area contributed by atoms with Gasteiger partial charge in [0.2, 0.25) is 0 Å². The normalized spacial score (nSPS) is 11.2. The van der Waals surface area contributed by atoms with Crippen LogP contribution in [0.15, 0.2) is 12.1 Å². The highest BCUT2D eigenvalue weighted by Gasteiger charge is 2.13. The summed E-state index contributed by atoms with van der Waals surface area (Å²) in [6, 6.07) is 4.16. The number of aryl methyl sites for hydroxylation is 3. The number of hydrogen-bond acceptors (Lipinski definition) is 1. The maximum Gasteiger partial charge on any atom is 0.0535 e. The Kier molecular flexibility index (Phi) is 2.22. The lowest BCUT2D eigenvalue weighted by Crippen LogP contribution is -1.95. The standard InChI is InChI=1S/C13H18N2/c1-5-10-6-7-11(14)12-8(2)9(3)15(4)13(10)12/h6-7H,5,14H2,1-4H3. The highest BCUT2D eigenvalue weighted by atomic mass is 14.9. The van der Waals surface area contributed by atoms with E-state index in [0.717, 1.165) is 12.1 Å². The lowest BCUT2D eigenvalue weighted by Gasteiger charge is -2.06. The van der Waals surface area contributed by atoms with Gasteiger partial charge in [-0.3, -0.25) is 0 Å². The van der Waals surface area contributed by atoms with Gasteiger partial charge in [-0.25, -0.2) is 0 Å². The predicted molar refractivity (Wildman–Crippen MR) is 66.2 cm³/mol. The van der Waals surface area contributed by atoms with E-state index in [9.17, 15) is 0 Å². The molecule has 0 aliphatic carbocycles. The molecule has 0 aliphatic heterocycles. The zero-order valence-electron chi connectivity index (χ0n) is 9.89. The van der Waals surface area contributed by atoms with Gasteiger partial charge in [0, 0.05) is 23.8 Å². The summed E-state index contributed by atoms with van der Waals surface area (Å²) in [5.41, 5.74) is 12.2. The van der Waals surface area contributed by atoms with Crippen LogP contribution in [0.25, 0.3) is 10.9 Å². The van der Waals surface area contributed by atoms with E-state index in [4.69, 9.17) is 5.73 Å². The van der Waals surface area contributed by atoms with Crippen LogP contribution in [0.5, 0.6) is 0 Å². The molecule has 1 heterocycles. The smallest absolute Gasteiger partial charge is 0.0535 e. The largest absolute Gasteiger partial charge is 0.398 e. The van der Waals surface area contributed by atoms with Gasteiger partial charge in [0.15, 0.2) is 0 Å². The number of aromatic nitrogens is 1. The summed E-state index contributed by atoms with van der Waals surface area (Å²) in [7, 11) is 2.11. The lowest BCUT2D eigenvalue weighted by atomic mass is 10.1. The van der Waals surface area contributed by atoms with Gasteiger partial charge in [0.25, 0.3) is 0 Å². The summed E-state index contributed by atoms with van der Waals surface area (Å²) in [6.07, 6.45) is 1.05. The van der Waals surface area contributed by atoms with Crippen LogP contribution < -0.4 is 5.73 Å². The third-order valence-corrected chi connectivity index (χ3v) is 3.43. The Morgan fingerprint density at radius 3 is 2.53 bits per heavy atom. The minimum absolute atomic E-state index is 0.892. The Morgan fingerprint density at radius 1 is 1.27 bits per heavy atom. The SMILES string of the molecule is CCc1ccc(N)c2c(C)c(C)n(C)c12. The van der Waals surface area contributed by atoms with Crippen LogP contribution in [0.1, 0.15) is 23.7 Å². The Balaban J connectivity index is 3.01. The Labute approximate surface area is 90.7 Å². The van der Waals surface area contributed by atoms with Crippen molar-refractivity contribution in [3.8, 4) is 0 Å². The summed E-state index contributed by atoms with van der Waals surface area (Å²) < 4.78 is 2.25. The van der Waals surface area contributed by atoms with Crippen LogP contribution in [0.4, 0.5) is 5.69 Å². The van der Waals surface area contributed by atoms with Gasteiger partial charge in [-0.2, -0.15) is 0 Å². The molecule has 80 valence electrons. The van der Waals surface area contributed by atoms with Crippen LogP contribution in [0.2, 0.25) is 0 Å². The summed E-state index contributed by atoms with van der Waals surface area (Å²) in [6.45, 7) is 6.48. The molecule has 1 aromatic heterocycles. The van der Waals surface area contributed by atoms with E-state index < -0.39 is 0 Å². The quantitative estimate of drug-likeness (QED) is 0.708. The van der Waals surface area contributed by atoms with Crippen LogP contribution in [0, 0.1) is 13.8 Å². The van der Waals surface area contributed by atoms with Crippen molar-refractivity contribution >= 4 is 16.6 Å². The number of benzene rings is 1. The maximum atomic E-state index is 6.05. The zero-order valence-corrected chi connectivity index (χ0v) is 9.89. The van der Waals surface area contributed by atoms with Crippen LogP contribution >= 0.6 is 0 Å². The van der Waals surface area contributed by atoms with E-state index in [2.05, 4.69) is 38.5 Å². The van der Waals surface area contributed by atoms with Crippen molar-refractivity contribution in [3.63, 3.8) is 0 Å². The topological polar surface area (TPSA) is 30.9 Å². The highest BCUT2D eigenvalue weighted by molar-refractivity contribution is 5.97. The second kappa shape index (κ2) is 3.30. The molecule has 0 saturated heterocycles. The molecule has 15 heavy (non-hydrogen) atoms. The molecule has 1 aromatic carbocycles. The molecule has 0 atom stereocenters. The number of nitrogens with zero attached hydrogens (tertiary/aromatic N) is 1. The van der Waals surface area contributed by atoms with Crippen LogP contribution in [-0.2, 0) is 13.5 Å². The van der Waals surface area contributed by atoms with Crippen molar-refractivity contribution in [3.05, 3.63) is 29.0 Å². The van der Waals surface area contributed by atoms with Crippen LogP contribution in [0.3, 0.4) is 0 Å². The second-order valence-corrected chi connectivity index (χ2v) is 4.16. The Bertz CT molecular complexity index is 521. The van der Waals surface area contributed by atoms with Gasteiger partial charge < -0.3 is 10.3 Å². The summed E-state index contributed by atoms with van der Waals surface area (Å²) in [5.74, 6) is 0. The molecule has 0 radical (unpaired) electrons. The second-order valence-electron chi connectivity index (χ2n) is 4.16. The molecule has 2 rings (SSSR count). The van der Waals surface area contributed by atoms with Gasteiger partial charge in [-0.1, -0.05) is 13.0 Å². The van der Waals surface area contributed by atoms with Gasteiger partial charge in [0.05, 0.1) is 5.52 Å². The van der Waals surface area contributed by atoms with E-state index in [1.165, 1.54) is 27.7 Å². The molecular weight excluding hydrogens is 184 g/mol. The first-order valence-electron chi connectivity index (χ1n) is 5.40. The number of nitrogen functional groups attached to an aromatic ring is 1. The molecule has 2 heteroatoms. The molecule has 2 nitrogen and oxygen atoms in total. The fraction of sp³-hybridized carbons (Fsp3) is 0.385. The van der Waals surface area contributed by atoms with Crippen molar-refractivity contribution in [1.82, 2.24) is 4.57 Å². The number of fused-ring (bicyclic) bond motifs is 1. The van der Waals surface area contributed by atoms with Gasteiger partial charge in [-0.15, -0.1) is 0 Å². The summed E-state index contributed by atoms with van der Waals surface area (Å²) >= 11 is 0. The Hall–Kier alpha value is -1.44. The average Bonchev–Trinajstić information content (AvgIpc) is 2.46. The Morgan fingerprint density at radius 2 is 1.93 bits per heavy atom. The van der Waals surface area contributed by atoms with E-state index in [-0.39, 0.29) is 0 Å². The minimum atomic E-state index is 0.892. The number of rotatable bonds is 1. The van der Waals surface area contributed by atoms with Gasteiger partial charge in [-0.05, 0) is 37.5 Å². The first kappa shape index (κ1) is 10.1. The third kappa shape index (κ3) is 1.24. The molecule has 0 amide bonds. The van der Waals surface area contributed by atoms with Crippen molar-refractivity contribution in [2.45, 2.75) is 27.2 Å². The van der Waals surface area contributed by atoms with Gasteiger partial charge >= 0.3 is 0 Å². The van der Waals surface area contributed by atoms with Crippen molar-refractivity contribution in [2.24, 2.45) is 7.05 Å². The van der Waals surface area contributed by atoms with Crippen molar-refractivity contribution in [1.29, 1.82) is 0 Å². The molecular formula is C13H18N2. The number of hydrogen-bond donors (Lipinski definition) is 1. The lowest BCUT2D eigenvalue weighted by molar-refractivity contribution is 0.902. The van der Waals surface area contributed by atoms with Crippen LogP contribution in [-0.4, -0.2) is 4.57 Å². The third-order valence-electron chi connectivity index (χ3n) is 3.43. The fourth-order valence-electron chi connectivity index (χ4n) is 2.31. The molecule has 0 fully saturated rings. The summed E-state index contributed by atoms with van der Waals surface area (Å²) in [4.78, 5) is 0. The molecule has 0 aliphatic rings. The predicted octanol–water partition coefficient (Wildman–Crippen LogP) is 2.94. The van der Waals surface area contributed by atoms with E-state index in [0.29, 0.717) is 0 Å². The fourth-order valence-corrected chi connectivity index (χ4v) is 2.31. The van der Waals surface area contributed by atoms with Crippen molar-refractivity contribution < 1.29 is 0 Å². The average molecular weight is 202 g/mol. The highest BCUT2D eigenvalue weighted by Crippen LogP contribution is 2.31. The summed E-state index contributed by atoms with van der Waals surface area (Å²) in [5, 5.41) is 1.23. The minimum Gasteiger partial charge on any atom is -0.398 e. The van der Waals surface area contributed by atoms with E-state index in [1.54, 1.807) is 0 Å². The number of anilines is 1. The van der Waals surface area contributed by atoms with Crippen molar-refractivity contribution in [2.75, 3.05) is 5.73 Å². The van der Waals surface area contributed by atoms with E-state index >= 15 is 0 Å². The molecule has 0 bridgehead atoms.